The van der Waals surface area contributed by atoms with E-state index in [4.69, 9.17) is 27.9 Å². The number of hydrogen-bond acceptors (Lipinski definition) is 2. The number of nitrogens with zero attached hydrogens (tertiary/aromatic N) is 1. The maximum Gasteiger partial charge on any atom is 0.147 e. The van der Waals surface area contributed by atoms with Crippen molar-refractivity contribution in [2.45, 2.75) is 6.61 Å². The van der Waals surface area contributed by atoms with E-state index in [2.05, 4.69) is 4.98 Å². The molecule has 1 heterocycles. The van der Waals surface area contributed by atoms with Crippen LogP contribution in [0.2, 0.25) is 10.2 Å². The Labute approximate surface area is 104 Å². The van der Waals surface area contributed by atoms with Crippen molar-refractivity contribution in [3.8, 4) is 5.75 Å². The highest BCUT2D eigenvalue weighted by Crippen LogP contribution is 2.20. The first-order chi connectivity index (χ1) is 7.75. The molecule has 0 bridgehead atoms. The van der Waals surface area contributed by atoms with Crippen molar-refractivity contribution in [3.05, 3.63) is 58.3 Å². The smallest absolute Gasteiger partial charge is 0.147 e. The number of pyridine rings is 1. The van der Waals surface area contributed by atoms with Crippen LogP contribution in [-0.2, 0) is 6.61 Å². The van der Waals surface area contributed by atoms with Gasteiger partial charge in [-0.2, -0.15) is 0 Å². The number of hydrogen-bond donors (Lipinski definition) is 0. The first-order valence-corrected chi connectivity index (χ1v) is 5.49. The van der Waals surface area contributed by atoms with Crippen molar-refractivity contribution in [2.24, 2.45) is 0 Å². The summed E-state index contributed by atoms with van der Waals surface area (Å²) in [7, 11) is 0. The van der Waals surface area contributed by atoms with E-state index in [9.17, 15) is 0 Å². The van der Waals surface area contributed by atoms with Gasteiger partial charge in [0.25, 0.3) is 0 Å². The van der Waals surface area contributed by atoms with E-state index in [0.717, 1.165) is 11.3 Å². The Balaban J connectivity index is 2.03. The van der Waals surface area contributed by atoms with Gasteiger partial charge in [0.15, 0.2) is 0 Å². The third-order valence-corrected chi connectivity index (χ3v) is 2.69. The summed E-state index contributed by atoms with van der Waals surface area (Å²) in [6.45, 7) is 0.425. The van der Waals surface area contributed by atoms with Gasteiger partial charge in [-0.25, -0.2) is 4.98 Å². The van der Waals surface area contributed by atoms with Gasteiger partial charge in [0, 0.05) is 11.8 Å². The molecule has 0 N–H and O–H groups in total. The molecule has 0 saturated heterocycles. The standard InChI is InChI=1S/C12H9Cl2NO/c13-11-6-9(7-15-12(11)14)8-16-10-4-2-1-3-5-10/h1-7H,8H2. The van der Waals surface area contributed by atoms with Gasteiger partial charge in [0.05, 0.1) is 5.02 Å². The average molecular weight is 254 g/mol. The van der Waals surface area contributed by atoms with Gasteiger partial charge in [-0.05, 0) is 18.2 Å². The van der Waals surface area contributed by atoms with Crippen LogP contribution in [0.15, 0.2) is 42.6 Å². The SMILES string of the molecule is Clc1cc(COc2ccccc2)cnc1Cl. The van der Waals surface area contributed by atoms with Crippen LogP contribution in [0.25, 0.3) is 0 Å². The summed E-state index contributed by atoms with van der Waals surface area (Å²) >= 11 is 11.6. The minimum Gasteiger partial charge on any atom is -0.489 e. The highest BCUT2D eigenvalue weighted by atomic mass is 35.5. The zero-order valence-electron chi connectivity index (χ0n) is 8.36. The third kappa shape index (κ3) is 2.87. The summed E-state index contributed by atoms with van der Waals surface area (Å²) < 4.78 is 5.55. The van der Waals surface area contributed by atoms with E-state index in [1.54, 1.807) is 12.3 Å². The van der Waals surface area contributed by atoms with E-state index in [0.29, 0.717) is 16.8 Å². The third-order valence-electron chi connectivity index (χ3n) is 2.00. The molecule has 0 radical (unpaired) electrons. The van der Waals surface area contributed by atoms with Gasteiger partial charge in [-0.15, -0.1) is 0 Å². The van der Waals surface area contributed by atoms with Gasteiger partial charge in [0.1, 0.15) is 17.5 Å². The Morgan fingerprint density at radius 1 is 1.12 bits per heavy atom. The van der Waals surface area contributed by atoms with Crippen molar-refractivity contribution in [1.29, 1.82) is 0 Å². The van der Waals surface area contributed by atoms with Crippen molar-refractivity contribution < 1.29 is 4.74 Å². The largest absolute Gasteiger partial charge is 0.489 e. The lowest BCUT2D eigenvalue weighted by molar-refractivity contribution is 0.306. The summed E-state index contributed by atoms with van der Waals surface area (Å²) in [6, 6.07) is 11.3. The summed E-state index contributed by atoms with van der Waals surface area (Å²) in [5, 5.41) is 0.751. The van der Waals surface area contributed by atoms with Crippen molar-refractivity contribution in [1.82, 2.24) is 4.98 Å². The van der Waals surface area contributed by atoms with E-state index < -0.39 is 0 Å². The van der Waals surface area contributed by atoms with Crippen molar-refractivity contribution >= 4 is 23.2 Å². The Morgan fingerprint density at radius 3 is 2.56 bits per heavy atom. The molecule has 82 valence electrons. The average Bonchev–Trinajstić information content (AvgIpc) is 2.32. The van der Waals surface area contributed by atoms with Gasteiger partial charge in [-0.1, -0.05) is 41.4 Å². The molecule has 0 spiro atoms. The van der Waals surface area contributed by atoms with Gasteiger partial charge >= 0.3 is 0 Å². The van der Waals surface area contributed by atoms with Crippen LogP contribution in [0.4, 0.5) is 0 Å². The Hall–Kier alpha value is -1.25. The molecule has 0 aliphatic rings. The molecule has 0 aliphatic heterocycles. The molecule has 0 atom stereocenters. The maximum absolute atomic E-state index is 5.85. The van der Waals surface area contributed by atoms with Crippen LogP contribution in [0, 0.1) is 0 Å². The normalized spacial score (nSPS) is 10.1. The first-order valence-electron chi connectivity index (χ1n) is 4.73. The highest BCUT2D eigenvalue weighted by molar-refractivity contribution is 6.41. The second kappa shape index (κ2) is 5.19. The van der Waals surface area contributed by atoms with Crippen LogP contribution >= 0.6 is 23.2 Å². The lowest BCUT2D eigenvalue weighted by Gasteiger charge is -2.06. The van der Waals surface area contributed by atoms with Crippen molar-refractivity contribution in [3.63, 3.8) is 0 Å². The minimum atomic E-state index is 0.310. The molecule has 2 nitrogen and oxygen atoms in total. The molecule has 0 aliphatic carbocycles. The second-order valence-electron chi connectivity index (χ2n) is 3.22. The van der Waals surface area contributed by atoms with E-state index in [-0.39, 0.29) is 0 Å². The molecule has 0 unspecified atom stereocenters. The fraction of sp³-hybridized carbons (Fsp3) is 0.0833. The minimum absolute atomic E-state index is 0.310. The van der Waals surface area contributed by atoms with Crippen LogP contribution < -0.4 is 4.74 Å². The van der Waals surface area contributed by atoms with E-state index in [1.807, 2.05) is 30.3 Å². The molecule has 2 rings (SSSR count). The number of ether oxygens (including phenoxy) is 1. The molecule has 0 fully saturated rings. The van der Waals surface area contributed by atoms with Crippen LogP contribution in [0.5, 0.6) is 5.75 Å². The molecule has 4 heteroatoms. The molecular formula is C12H9Cl2NO. The summed E-state index contributed by atoms with van der Waals surface area (Å²) in [5.41, 5.74) is 0.887. The van der Waals surface area contributed by atoms with Crippen LogP contribution in [0.3, 0.4) is 0 Å². The summed E-state index contributed by atoms with van der Waals surface area (Å²) in [4.78, 5) is 3.94. The van der Waals surface area contributed by atoms with Crippen molar-refractivity contribution in [2.75, 3.05) is 0 Å². The lowest BCUT2D eigenvalue weighted by atomic mass is 10.3. The summed E-state index contributed by atoms with van der Waals surface area (Å²) in [5.74, 6) is 0.813. The quantitative estimate of drug-likeness (QED) is 0.773. The molecule has 0 saturated carbocycles. The first kappa shape index (κ1) is 11.2. The highest BCUT2D eigenvalue weighted by Gasteiger charge is 2.01. The number of para-hydroxylation sites is 1. The zero-order chi connectivity index (χ0) is 11.4. The van der Waals surface area contributed by atoms with E-state index in [1.165, 1.54) is 0 Å². The molecule has 1 aromatic heterocycles. The number of aromatic nitrogens is 1. The Kier molecular flexibility index (Phi) is 3.65. The predicted octanol–water partition coefficient (Wildman–Crippen LogP) is 3.97. The molecule has 16 heavy (non-hydrogen) atoms. The number of benzene rings is 1. The molecular weight excluding hydrogens is 245 g/mol. The predicted molar refractivity (Wildman–Crippen MR) is 65.0 cm³/mol. The molecule has 1 aromatic carbocycles. The molecule has 2 aromatic rings. The van der Waals surface area contributed by atoms with Crippen LogP contribution in [0.1, 0.15) is 5.56 Å². The summed E-state index contributed by atoms with van der Waals surface area (Å²) in [6.07, 6.45) is 1.65. The van der Waals surface area contributed by atoms with Gasteiger partial charge in [-0.3, -0.25) is 0 Å². The number of rotatable bonds is 3. The molecule has 0 amide bonds. The Morgan fingerprint density at radius 2 is 1.88 bits per heavy atom. The zero-order valence-corrected chi connectivity index (χ0v) is 9.87. The number of halogens is 2. The Bertz CT molecular complexity index is 474. The lowest BCUT2D eigenvalue weighted by Crippen LogP contribution is -1.96. The fourth-order valence-corrected chi connectivity index (χ4v) is 1.52. The monoisotopic (exact) mass is 253 g/mol. The fourth-order valence-electron chi connectivity index (χ4n) is 1.22. The van der Waals surface area contributed by atoms with Gasteiger partial charge in [0.2, 0.25) is 0 Å². The van der Waals surface area contributed by atoms with E-state index >= 15 is 0 Å². The second-order valence-corrected chi connectivity index (χ2v) is 3.98. The topological polar surface area (TPSA) is 22.1 Å². The maximum atomic E-state index is 5.85. The van der Waals surface area contributed by atoms with Crippen LogP contribution in [-0.4, -0.2) is 4.98 Å². The van der Waals surface area contributed by atoms with Gasteiger partial charge < -0.3 is 4.74 Å².